The van der Waals surface area contributed by atoms with E-state index in [1.807, 2.05) is 37.3 Å². The zero-order valence-corrected chi connectivity index (χ0v) is 20.6. The minimum Gasteiger partial charge on any atom is -0.339 e. The average molecular weight is 485 g/mol. The van der Waals surface area contributed by atoms with E-state index >= 15 is 0 Å². The number of H-pyrrole nitrogens is 1. The second-order valence-electron chi connectivity index (χ2n) is 10.2. The van der Waals surface area contributed by atoms with E-state index in [2.05, 4.69) is 21.6 Å². The van der Waals surface area contributed by atoms with Crippen molar-refractivity contribution >= 4 is 34.3 Å². The molecule has 2 aliphatic rings. The highest BCUT2D eigenvalue weighted by Crippen LogP contribution is 2.49. The van der Waals surface area contributed by atoms with Gasteiger partial charge in [0, 0.05) is 29.7 Å². The molecule has 1 aromatic heterocycles. The number of hydrogen-bond acceptors (Lipinski definition) is 5. The number of aromatic amines is 1. The lowest BCUT2D eigenvalue weighted by Gasteiger charge is -2.39. The van der Waals surface area contributed by atoms with Crippen LogP contribution in [0.25, 0.3) is 10.9 Å². The van der Waals surface area contributed by atoms with Crippen molar-refractivity contribution in [1.29, 1.82) is 5.26 Å². The number of nitriles is 1. The van der Waals surface area contributed by atoms with E-state index in [1.54, 1.807) is 31.0 Å². The zero-order chi connectivity index (χ0) is 25.7. The molecule has 0 radical (unpaired) electrons. The number of hydrogen-bond donors (Lipinski definition) is 2. The summed E-state index contributed by atoms with van der Waals surface area (Å²) in [5.41, 5.74) is 2.31. The van der Waals surface area contributed by atoms with E-state index < -0.39 is 11.0 Å². The molecule has 0 saturated carbocycles. The highest BCUT2D eigenvalue weighted by molar-refractivity contribution is 6.11. The summed E-state index contributed by atoms with van der Waals surface area (Å²) < 4.78 is 0. The van der Waals surface area contributed by atoms with E-state index in [-0.39, 0.29) is 24.3 Å². The van der Waals surface area contributed by atoms with Crippen molar-refractivity contribution in [3.05, 3.63) is 59.3 Å². The van der Waals surface area contributed by atoms with Gasteiger partial charge in [0.2, 0.25) is 11.8 Å². The molecule has 184 valence electrons. The van der Waals surface area contributed by atoms with Crippen LogP contribution in [-0.4, -0.2) is 58.0 Å². The van der Waals surface area contributed by atoms with Crippen LogP contribution in [0, 0.1) is 18.3 Å². The molecule has 3 heterocycles. The van der Waals surface area contributed by atoms with Gasteiger partial charge in [0.05, 0.1) is 23.2 Å². The number of nitrogens with zero attached hydrogens (tertiary/aromatic N) is 4. The van der Waals surface area contributed by atoms with Crippen LogP contribution in [0.5, 0.6) is 0 Å². The molecule has 1 fully saturated rings. The molecule has 9 heteroatoms. The molecule has 2 N–H and O–H groups in total. The van der Waals surface area contributed by atoms with E-state index in [0.717, 1.165) is 27.7 Å². The second kappa shape index (κ2) is 8.48. The lowest BCUT2D eigenvalue weighted by molar-refractivity contribution is -0.127. The van der Waals surface area contributed by atoms with Crippen LogP contribution >= 0.6 is 0 Å². The van der Waals surface area contributed by atoms with Crippen molar-refractivity contribution in [2.45, 2.75) is 44.6 Å². The van der Waals surface area contributed by atoms with Crippen LogP contribution in [0.15, 0.2) is 42.6 Å². The monoisotopic (exact) mass is 484 g/mol. The molecular weight excluding hydrogens is 456 g/mol. The number of anilines is 1. The lowest BCUT2D eigenvalue weighted by Crippen LogP contribution is -2.52. The number of aryl methyl sites for hydroxylation is 1. The molecular formula is C27H28N6O3. The maximum atomic E-state index is 13.9. The van der Waals surface area contributed by atoms with Gasteiger partial charge in [-0.2, -0.15) is 10.4 Å². The first-order chi connectivity index (χ1) is 17.1. The maximum Gasteiger partial charge on any atom is 0.253 e. The van der Waals surface area contributed by atoms with Crippen molar-refractivity contribution in [3.8, 4) is 6.07 Å². The molecule has 0 unspecified atom stereocenters. The Morgan fingerprint density at radius 2 is 1.97 bits per heavy atom. The fourth-order valence-electron chi connectivity index (χ4n) is 5.50. The number of carbonyl (C=O) groups is 3. The van der Waals surface area contributed by atoms with Gasteiger partial charge >= 0.3 is 0 Å². The Labute approximate surface area is 209 Å². The first kappa shape index (κ1) is 23.5. The van der Waals surface area contributed by atoms with Crippen molar-refractivity contribution in [3.63, 3.8) is 0 Å². The highest BCUT2D eigenvalue weighted by Gasteiger charge is 2.53. The lowest BCUT2D eigenvalue weighted by atomic mass is 9.72. The number of likely N-dealkylation sites (tertiary alicyclic amines) is 1. The largest absolute Gasteiger partial charge is 0.339 e. The molecule has 3 amide bonds. The zero-order valence-electron chi connectivity index (χ0n) is 20.6. The smallest absolute Gasteiger partial charge is 0.253 e. The van der Waals surface area contributed by atoms with Gasteiger partial charge in [-0.15, -0.1) is 0 Å². The van der Waals surface area contributed by atoms with Gasteiger partial charge < -0.3 is 15.1 Å². The Morgan fingerprint density at radius 3 is 2.69 bits per heavy atom. The molecule has 5 rings (SSSR count). The molecule has 36 heavy (non-hydrogen) atoms. The Kier molecular flexibility index (Phi) is 5.55. The number of fused-ring (bicyclic) bond motifs is 3. The Morgan fingerprint density at radius 1 is 1.22 bits per heavy atom. The fraction of sp³-hybridized carbons (Fsp3) is 0.370. The highest BCUT2D eigenvalue weighted by atomic mass is 16.2. The summed E-state index contributed by atoms with van der Waals surface area (Å²) in [6.07, 6.45) is 2.65. The van der Waals surface area contributed by atoms with Crippen LogP contribution in [0.4, 0.5) is 5.69 Å². The molecule has 2 aliphatic heterocycles. The third-order valence-corrected chi connectivity index (χ3v) is 7.30. The van der Waals surface area contributed by atoms with Gasteiger partial charge in [-0.05, 0) is 69.0 Å². The summed E-state index contributed by atoms with van der Waals surface area (Å²) in [5, 5.41) is 19.7. The Balaban J connectivity index is 1.38. The summed E-state index contributed by atoms with van der Waals surface area (Å²) in [6.45, 7) is 5.93. The molecule has 1 spiro atoms. The third-order valence-electron chi connectivity index (χ3n) is 7.30. The summed E-state index contributed by atoms with van der Waals surface area (Å²) in [6, 6.07) is 13.2. The number of benzene rings is 2. The molecule has 0 atom stereocenters. The van der Waals surface area contributed by atoms with E-state index in [9.17, 15) is 19.6 Å². The van der Waals surface area contributed by atoms with Crippen molar-refractivity contribution in [1.82, 2.24) is 20.4 Å². The number of amides is 3. The second-order valence-corrected chi connectivity index (χ2v) is 10.2. The van der Waals surface area contributed by atoms with E-state index in [1.165, 1.54) is 4.90 Å². The minimum atomic E-state index is -1.03. The van der Waals surface area contributed by atoms with Gasteiger partial charge in [-0.3, -0.25) is 19.5 Å². The van der Waals surface area contributed by atoms with E-state index in [0.29, 0.717) is 31.5 Å². The predicted molar refractivity (Wildman–Crippen MR) is 134 cm³/mol. The summed E-state index contributed by atoms with van der Waals surface area (Å²) in [7, 11) is 0. The predicted octanol–water partition coefficient (Wildman–Crippen LogP) is 2.81. The van der Waals surface area contributed by atoms with Gasteiger partial charge in [0.15, 0.2) is 0 Å². The normalized spacial score (nSPS) is 16.8. The Bertz CT molecular complexity index is 1420. The Hall–Kier alpha value is -4.19. The van der Waals surface area contributed by atoms with Crippen molar-refractivity contribution in [2.75, 3.05) is 24.5 Å². The number of piperidine rings is 1. The van der Waals surface area contributed by atoms with Gasteiger partial charge in [0.1, 0.15) is 12.1 Å². The van der Waals surface area contributed by atoms with Gasteiger partial charge in [0.25, 0.3) is 5.91 Å². The van der Waals surface area contributed by atoms with Crippen LogP contribution in [-0.2, 0) is 15.0 Å². The molecule has 0 bridgehead atoms. The van der Waals surface area contributed by atoms with Gasteiger partial charge in [-0.1, -0.05) is 12.1 Å². The SMILES string of the molecule is Cc1cccc2c1C1(CCN(C(=O)c3ccc4[nH]ncc4c3)CC1)C(=O)N2CC(=O)NC(C)(C)C#N. The molecule has 2 aromatic carbocycles. The maximum absolute atomic E-state index is 13.9. The quantitative estimate of drug-likeness (QED) is 0.590. The van der Waals surface area contributed by atoms with Crippen LogP contribution in [0.1, 0.15) is 48.2 Å². The molecule has 3 aromatic rings. The summed E-state index contributed by atoms with van der Waals surface area (Å²) in [5.74, 6) is -0.580. The first-order valence-corrected chi connectivity index (χ1v) is 12.0. The number of aromatic nitrogens is 2. The van der Waals surface area contributed by atoms with E-state index in [4.69, 9.17) is 0 Å². The molecule has 1 saturated heterocycles. The fourth-order valence-corrected chi connectivity index (χ4v) is 5.50. The van der Waals surface area contributed by atoms with Crippen LogP contribution in [0.3, 0.4) is 0 Å². The number of rotatable bonds is 4. The van der Waals surface area contributed by atoms with Crippen molar-refractivity contribution in [2.24, 2.45) is 0 Å². The topological polar surface area (TPSA) is 122 Å². The average Bonchev–Trinajstić information content (AvgIpc) is 3.41. The summed E-state index contributed by atoms with van der Waals surface area (Å²) in [4.78, 5) is 43.2. The third kappa shape index (κ3) is 3.79. The minimum absolute atomic E-state index is 0.0710. The van der Waals surface area contributed by atoms with Gasteiger partial charge in [-0.25, -0.2) is 0 Å². The number of nitrogens with one attached hydrogen (secondary N) is 2. The van der Waals surface area contributed by atoms with Crippen LogP contribution in [0.2, 0.25) is 0 Å². The molecule has 0 aliphatic carbocycles. The van der Waals surface area contributed by atoms with Crippen LogP contribution < -0.4 is 10.2 Å². The number of carbonyl (C=O) groups excluding carboxylic acids is 3. The molecule has 9 nitrogen and oxygen atoms in total. The van der Waals surface area contributed by atoms with Crippen molar-refractivity contribution < 1.29 is 14.4 Å². The standard InChI is InChI=1S/C27H28N6O3/c1-17-5-4-6-21-23(17)27(25(36)33(21)15-22(34)30-26(2,3)16-28)9-11-32(12-10-27)24(35)18-7-8-20-19(13-18)14-29-31-20/h4-8,13-14H,9-12,15H2,1-3H3,(H,29,31)(H,30,34). The first-order valence-electron chi connectivity index (χ1n) is 12.0. The summed E-state index contributed by atoms with van der Waals surface area (Å²) >= 11 is 0.